The molecular weight excluding hydrogens is 268 g/mol. The Morgan fingerprint density at radius 2 is 1.21 bits per heavy atom. The van der Waals surface area contributed by atoms with Crippen LogP contribution < -0.4 is 0 Å². The summed E-state index contributed by atoms with van der Waals surface area (Å²) in [7, 11) is 0. The number of allylic oxidation sites excluding steroid dienone is 6. The lowest BCUT2D eigenvalue weighted by Gasteiger charge is -2.36. The molecule has 0 aromatic rings. The van der Waals surface area contributed by atoms with E-state index < -0.39 is 0 Å². The Labute approximate surface area is 126 Å². The van der Waals surface area contributed by atoms with Gasteiger partial charge in [-0.2, -0.15) is 0 Å². The second kappa shape index (κ2) is 5.97. The first-order valence-electron chi connectivity index (χ1n) is 6.96. The third-order valence-corrected chi connectivity index (χ3v) is 7.63. The summed E-state index contributed by atoms with van der Waals surface area (Å²) in [4.78, 5) is 0. The minimum Gasteiger partial charge on any atom is -0.140 e. The molecule has 4 atom stereocenters. The van der Waals surface area contributed by atoms with Gasteiger partial charge in [-0.25, -0.2) is 0 Å². The molecule has 2 heteroatoms. The molecule has 4 unspecified atom stereocenters. The van der Waals surface area contributed by atoms with E-state index in [4.69, 9.17) is 0 Å². The lowest BCUT2D eigenvalue weighted by Crippen LogP contribution is -2.30. The van der Waals surface area contributed by atoms with Crippen LogP contribution in [-0.2, 0) is 0 Å². The molecule has 0 nitrogen and oxygen atoms in total. The molecule has 104 valence electrons. The minimum absolute atomic E-state index is 0.246. The largest absolute Gasteiger partial charge is 0.140 e. The summed E-state index contributed by atoms with van der Waals surface area (Å²) in [5.74, 6) is 1.21. The van der Waals surface area contributed by atoms with Gasteiger partial charge in [0.15, 0.2) is 0 Å². The Morgan fingerprint density at radius 3 is 1.58 bits per heavy atom. The van der Waals surface area contributed by atoms with E-state index >= 15 is 0 Å². The highest BCUT2D eigenvalue weighted by atomic mass is 32.2. The second-order valence-electron chi connectivity index (χ2n) is 5.84. The molecule has 0 radical (unpaired) electrons. The zero-order valence-electron chi connectivity index (χ0n) is 12.3. The SMILES string of the molecule is CC1C=CC=CC1(C)SCSC1(C)C=CC=CC1C. The standard InChI is InChI=1S/C17H24S2/c1-14-9-5-7-11-16(14,3)18-13-19-17(4)12-8-6-10-15(17)2/h5-12,14-15H,13H2,1-4H3. The Hall–Kier alpha value is -0.340. The average molecular weight is 293 g/mol. The smallest absolute Gasteiger partial charge is 0.0409 e. The summed E-state index contributed by atoms with van der Waals surface area (Å²) in [6, 6.07) is 0. The molecule has 0 bridgehead atoms. The maximum absolute atomic E-state index is 2.35. The van der Waals surface area contributed by atoms with Crippen molar-refractivity contribution in [1.29, 1.82) is 0 Å². The van der Waals surface area contributed by atoms with Crippen molar-refractivity contribution in [2.75, 3.05) is 5.08 Å². The molecular formula is C17H24S2. The van der Waals surface area contributed by atoms with E-state index in [9.17, 15) is 0 Å². The minimum atomic E-state index is 0.246. The molecule has 19 heavy (non-hydrogen) atoms. The van der Waals surface area contributed by atoms with E-state index in [1.165, 1.54) is 0 Å². The molecule has 0 saturated heterocycles. The highest BCUT2D eigenvalue weighted by Crippen LogP contribution is 2.44. The molecule has 2 rings (SSSR count). The van der Waals surface area contributed by atoms with Gasteiger partial charge >= 0.3 is 0 Å². The fourth-order valence-corrected chi connectivity index (χ4v) is 5.58. The normalized spacial score (nSPS) is 40.8. The van der Waals surface area contributed by atoms with Crippen LogP contribution in [0.2, 0.25) is 0 Å². The Balaban J connectivity index is 1.90. The van der Waals surface area contributed by atoms with Crippen LogP contribution in [-0.4, -0.2) is 14.6 Å². The predicted molar refractivity (Wildman–Crippen MR) is 91.7 cm³/mol. The zero-order chi connectivity index (χ0) is 13.9. The lowest BCUT2D eigenvalue weighted by molar-refractivity contribution is 0.598. The maximum atomic E-state index is 2.35. The summed E-state index contributed by atoms with van der Waals surface area (Å²) >= 11 is 4.14. The fourth-order valence-electron chi connectivity index (χ4n) is 2.28. The second-order valence-corrected chi connectivity index (χ2v) is 9.12. The zero-order valence-corrected chi connectivity index (χ0v) is 13.9. The van der Waals surface area contributed by atoms with Gasteiger partial charge in [0.05, 0.1) is 0 Å². The van der Waals surface area contributed by atoms with Gasteiger partial charge in [0.25, 0.3) is 0 Å². The van der Waals surface area contributed by atoms with E-state index in [1.807, 2.05) is 0 Å². The lowest BCUT2D eigenvalue weighted by atomic mass is 9.91. The van der Waals surface area contributed by atoms with Crippen molar-refractivity contribution in [3.8, 4) is 0 Å². The summed E-state index contributed by atoms with van der Waals surface area (Å²) in [6.07, 6.45) is 18.0. The van der Waals surface area contributed by atoms with Gasteiger partial charge in [0, 0.05) is 14.6 Å². The molecule has 0 spiro atoms. The molecule has 0 aromatic heterocycles. The van der Waals surface area contributed by atoms with Gasteiger partial charge in [-0.15, -0.1) is 23.5 Å². The van der Waals surface area contributed by atoms with Crippen molar-refractivity contribution in [1.82, 2.24) is 0 Å². The Morgan fingerprint density at radius 1 is 0.789 bits per heavy atom. The van der Waals surface area contributed by atoms with E-state index in [0.717, 1.165) is 5.08 Å². The van der Waals surface area contributed by atoms with Crippen molar-refractivity contribution < 1.29 is 0 Å². The van der Waals surface area contributed by atoms with Crippen LogP contribution in [0.15, 0.2) is 48.6 Å². The molecule has 0 fully saturated rings. The Kier molecular flexibility index (Phi) is 4.73. The monoisotopic (exact) mass is 292 g/mol. The maximum Gasteiger partial charge on any atom is 0.0409 e. The van der Waals surface area contributed by atoms with Gasteiger partial charge in [0.1, 0.15) is 0 Å². The van der Waals surface area contributed by atoms with Crippen LogP contribution >= 0.6 is 23.5 Å². The highest BCUT2D eigenvalue weighted by Gasteiger charge is 2.32. The van der Waals surface area contributed by atoms with Gasteiger partial charge in [-0.05, 0) is 25.7 Å². The van der Waals surface area contributed by atoms with Crippen LogP contribution in [0.25, 0.3) is 0 Å². The topological polar surface area (TPSA) is 0 Å². The molecule has 2 aliphatic carbocycles. The van der Waals surface area contributed by atoms with Crippen molar-refractivity contribution >= 4 is 23.5 Å². The number of thioether (sulfide) groups is 2. The first-order valence-corrected chi connectivity index (χ1v) is 8.93. The van der Waals surface area contributed by atoms with E-state index in [-0.39, 0.29) is 9.49 Å². The Bertz CT molecular complexity index is 393. The third-order valence-electron chi connectivity index (χ3n) is 4.42. The fraction of sp³-hybridized carbons (Fsp3) is 0.529. The van der Waals surface area contributed by atoms with Gasteiger partial charge in [-0.1, -0.05) is 62.5 Å². The third kappa shape index (κ3) is 3.41. The summed E-state index contributed by atoms with van der Waals surface area (Å²) in [6.45, 7) is 9.33. The molecule has 0 N–H and O–H groups in total. The summed E-state index contributed by atoms with van der Waals surface area (Å²) in [5.41, 5.74) is 0. The predicted octanol–water partition coefficient (Wildman–Crippen LogP) is 5.45. The van der Waals surface area contributed by atoms with Gasteiger partial charge < -0.3 is 0 Å². The first kappa shape index (κ1) is 15.1. The number of hydrogen-bond donors (Lipinski definition) is 0. The molecule has 2 aliphatic rings. The number of hydrogen-bond acceptors (Lipinski definition) is 2. The van der Waals surface area contributed by atoms with Crippen LogP contribution in [0, 0.1) is 11.8 Å². The first-order chi connectivity index (χ1) is 8.96. The van der Waals surface area contributed by atoms with Crippen molar-refractivity contribution in [3.05, 3.63) is 48.6 Å². The van der Waals surface area contributed by atoms with E-state index in [0.29, 0.717) is 11.8 Å². The van der Waals surface area contributed by atoms with E-state index in [1.54, 1.807) is 0 Å². The average Bonchev–Trinajstić information content (AvgIpc) is 2.37. The molecule has 0 saturated carbocycles. The molecule has 0 aliphatic heterocycles. The highest BCUT2D eigenvalue weighted by molar-refractivity contribution is 8.17. The quantitative estimate of drug-likeness (QED) is 0.632. The van der Waals surface area contributed by atoms with Crippen LogP contribution in [0.3, 0.4) is 0 Å². The van der Waals surface area contributed by atoms with Gasteiger partial charge in [0.2, 0.25) is 0 Å². The van der Waals surface area contributed by atoms with Gasteiger partial charge in [-0.3, -0.25) is 0 Å². The summed E-state index contributed by atoms with van der Waals surface area (Å²) in [5, 5.41) is 1.14. The molecule has 0 heterocycles. The molecule has 0 aromatic carbocycles. The van der Waals surface area contributed by atoms with E-state index in [2.05, 4.69) is 99.8 Å². The summed E-state index contributed by atoms with van der Waals surface area (Å²) < 4.78 is 0.491. The van der Waals surface area contributed by atoms with Crippen molar-refractivity contribution in [2.45, 2.75) is 37.2 Å². The van der Waals surface area contributed by atoms with Crippen LogP contribution in [0.5, 0.6) is 0 Å². The molecule has 0 amide bonds. The number of rotatable bonds is 4. The van der Waals surface area contributed by atoms with Crippen LogP contribution in [0.4, 0.5) is 0 Å². The van der Waals surface area contributed by atoms with Crippen LogP contribution in [0.1, 0.15) is 27.7 Å². The van der Waals surface area contributed by atoms with Crippen molar-refractivity contribution in [2.24, 2.45) is 11.8 Å². The van der Waals surface area contributed by atoms with Crippen molar-refractivity contribution in [3.63, 3.8) is 0 Å².